The van der Waals surface area contributed by atoms with Gasteiger partial charge in [-0.05, 0) is 81.3 Å². The lowest BCUT2D eigenvalue weighted by atomic mass is 10.1. The second-order valence-corrected chi connectivity index (χ2v) is 13.1. The molecule has 1 N–H and O–H groups in total. The first-order valence-corrected chi connectivity index (χ1v) is 16.3. The van der Waals surface area contributed by atoms with Crippen LogP contribution in [0.15, 0.2) is 77.7 Å². The Kier molecular flexibility index (Phi) is 10.4. The van der Waals surface area contributed by atoms with E-state index in [4.69, 9.17) is 0 Å². The number of nitrogens with one attached hydrogen (secondary N) is 1. The summed E-state index contributed by atoms with van der Waals surface area (Å²) in [5.74, 6) is -0.582. The molecule has 3 aromatic carbocycles. The lowest BCUT2D eigenvalue weighted by molar-refractivity contribution is -0.139. The quantitative estimate of drug-likeness (QED) is 0.293. The van der Waals surface area contributed by atoms with Crippen LogP contribution in [-0.2, 0) is 26.0 Å². The topological polar surface area (TPSA) is 86.8 Å². The summed E-state index contributed by atoms with van der Waals surface area (Å²) in [5, 5.41) is 3.16. The van der Waals surface area contributed by atoms with Crippen LogP contribution < -0.4 is 9.62 Å². The van der Waals surface area contributed by atoms with Crippen molar-refractivity contribution >= 4 is 27.5 Å². The van der Waals surface area contributed by atoms with E-state index in [-0.39, 0.29) is 16.8 Å². The third kappa shape index (κ3) is 7.40. The van der Waals surface area contributed by atoms with Crippen LogP contribution in [0.25, 0.3) is 0 Å². The Morgan fingerprint density at radius 2 is 1.57 bits per heavy atom. The fraction of sp³-hybridized carbons (Fsp3) is 0.412. The highest BCUT2D eigenvalue weighted by atomic mass is 32.2. The number of aryl methyl sites for hydroxylation is 2. The number of benzene rings is 3. The number of amides is 2. The van der Waals surface area contributed by atoms with Gasteiger partial charge in [0, 0.05) is 12.6 Å². The van der Waals surface area contributed by atoms with Gasteiger partial charge in [0.05, 0.1) is 10.6 Å². The monoisotopic (exact) mass is 589 g/mol. The number of hydrogen-bond acceptors (Lipinski definition) is 4. The van der Waals surface area contributed by atoms with Crippen molar-refractivity contribution in [3.8, 4) is 0 Å². The van der Waals surface area contributed by atoms with E-state index >= 15 is 0 Å². The van der Waals surface area contributed by atoms with Crippen molar-refractivity contribution < 1.29 is 18.0 Å². The van der Waals surface area contributed by atoms with Crippen molar-refractivity contribution in [2.75, 3.05) is 17.4 Å². The Hall–Kier alpha value is -3.65. The summed E-state index contributed by atoms with van der Waals surface area (Å²) in [6, 6.07) is 21.3. The van der Waals surface area contributed by atoms with Crippen LogP contribution in [0.2, 0.25) is 0 Å². The summed E-state index contributed by atoms with van der Waals surface area (Å²) >= 11 is 0. The van der Waals surface area contributed by atoms with Crippen LogP contribution in [0.3, 0.4) is 0 Å². The normalized spacial score (nSPS) is 14.4. The molecule has 0 aromatic heterocycles. The van der Waals surface area contributed by atoms with E-state index in [1.165, 1.54) is 4.31 Å². The van der Waals surface area contributed by atoms with E-state index in [0.29, 0.717) is 25.1 Å². The first-order valence-electron chi connectivity index (χ1n) is 14.9. The van der Waals surface area contributed by atoms with Crippen LogP contribution in [-0.4, -0.2) is 50.3 Å². The van der Waals surface area contributed by atoms with Crippen molar-refractivity contribution in [3.05, 3.63) is 95.1 Å². The summed E-state index contributed by atoms with van der Waals surface area (Å²) in [5.41, 5.74) is 4.14. The molecule has 0 bridgehead atoms. The first-order chi connectivity index (χ1) is 20.1. The zero-order valence-electron chi connectivity index (χ0n) is 25.2. The molecule has 8 heteroatoms. The molecule has 1 saturated carbocycles. The van der Waals surface area contributed by atoms with Gasteiger partial charge in [0.2, 0.25) is 11.8 Å². The van der Waals surface area contributed by atoms with Gasteiger partial charge in [-0.3, -0.25) is 13.9 Å². The maximum Gasteiger partial charge on any atom is 0.264 e. The fourth-order valence-electron chi connectivity index (χ4n) is 5.62. The number of nitrogens with zero attached hydrogens (tertiary/aromatic N) is 2. The van der Waals surface area contributed by atoms with E-state index in [2.05, 4.69) is 5.32 Å². The molecule has 0 saturated heterocycles. The highest BCUT2D eigenvalue weighted by Gasteiger charge is 2.34. The van der Waals surface area contributed by atoms with Crippen LogP contribution in [0, 0.1) is 20.8 Å². The molecule has 3 aromatic rings. The molecule has 4 rings (SSSR count). The Morgan fingerprint density at radius 3 is 2.21 bits per heavy atom. The summed E-state index contributed by atoms with van der Waals surface area (Å²) < 4.78 is 29.5. The van der Waals surface area contributed by atoms with Gasteiger partial charge in [-0.1, -0.05) is 79.9 Å². The average molecular weight is 590 g/mol. The Balaban J connectivity index is 1.70. The van der Waals surface area contributed by atoms with E-state index in [0.717, 1.165) is 47.9 Å². The predicted molar refractivity (Wildman–Crippen MR) is 168 cm³/mol. The maximum absolute atomic E-state index is 14.3. The number of anilines is 1. The van der Waals surface area contributed by atoms with Gasteiger partial charge in [0.15, 0.2) is 0 Å². The molecular weight excluding hydrogens is 546 g/mol. The minimum atomic E-state index is -4.09. The lowest BCUT2D eigenvalue weighted by Gasteiger charge is -2.34. The number of rotatable bonds is 12. The Labute approximate surface area is 251 Å². The largest absolute Gasteiger partial charge is 0.352 e. The molecular formula is C34H43N3O4S. The number of sulfonamides is 1. The molecule has 2 amide bonds. The summed E-state index contributed by atoms with van der Waals surface area (Å²) in [6.07, 6.45) is 5.02. The molecule has 0 aliphatic heterocycles. The lowest BCUT2D eigenvalue weighted by Crippen LogP contribution is -2.54. The van der Waals surface area contributed by atoms with Gasteiger partial charge in [0.1, 0.15) is 12.6 Å². The smallest absolute Gasteiger partial charge is 0.264 e. The molecule has 1 aliphatic rings. The van der Waals surface area contributed by atoms with Crippen LogP contribution in [0.4, 0.5) is 5.69 Å². The number of carbonyl (C=O) groups is 2. The van der Waals surface area contributed by atoms with Crippen molar-refractivity contribution in [2.45, 2.75) is 83.2 Å². The molecule has 42 heavy (non-hydrogen) atoms. The van der Waals surface area contributed by atoms with Crippen molar-refractivity contribution in [2.24, 2.45) is 0 Å². The SMILES string of the molecule is CCC(C(=O)NC1CCCC1)N(CCc1ccccc1)C(=O)CN(c1cccc(C)c1C)S(=O)(=O)c1ccc(C)cc1. The highest BCUT2D eigenvalue weighted by Crippen LogP contribution is 2.29. The fourth-order valence-corrected chi connectivity index (χ4v) is 7.09. The molecule has 0 spiro atoms. The number of hydrogen-bond donors (Lipinski definition) is 1. The van der Waals surface area contributed by atoms with Gasteiger partial charge in [0.25, 0.3) is 10.0 Å². The van der Waals surface area contributed by atoms with Crippen LogP contribution in [0.1, 0.15) is 61.3 Å². The van der Waals surface area contributed by atoms with Crippen molar-refractivity contribution in [3.63, 3.8) is 0 Å². The molecule has 0 radical (unpaired) electrons. The zero-order valence-corrected chi connectivity index (χ0v) is 26.0. The summed E-state index contributed by atoms with van der Waals surface area (Å²) in [6.45, 7) is 7.46. The van der Waals surface area contributed by atoms with Gasteiger partial charge >= 0.3 is 0 Å². The van der Waals surface area contributed by atoms with E-state index < -0.39 is 28.5 Å². The van der Waals surface area contributed by atoms with Crippen molar-refractivity contribution in [1.82, 2.24) is 10.2 Å². The first kappa shape index (κ1) is 31.3. The second kappa shape index (κ2) is 14.0. The maximum atomic E-state index is 14.3. The molecule has 1 unspecified atom stereocenters. The molecule has 0 heterocycles. The van der Waals surface area contributed by atoms with E-state index in [1.54, 1.807) is 41.3 Å². The second-order valence-electron chi connectivity index (χ2n) is 11.3. The minimum absolute atomic E-state index is 0.114. The van der Waals surface area contributed by atoms with Gasteiger partial charge in [-0.2, -0.15) is 0 Å². The van der Waals surface area contributed by atoms with Gasteiger partial charge < -0.3 is 10.2 Å². The molecule has 7 nitrogen and oxygen atoms in total. The average Bonchev–Trinajstić information content (AvgIpc) is 3.49. The van der Waals surface area contributed by atoms with Crippen molar-refractivity contribution in [1.29, 1.82) is 0 Å². The van der Waals surface area contributed by atoms with Crippen LogP contribution >= 0.6 is 0 Å². The zero-order chi connectivity index (χ0) is 30.3. The Morgan fingerprint density at radius 1 is 0.905 bits per heavy atom. The summed E-state index contributed by atoms with van der Waals surface area (Å²) in [7, 11) is -4.09. The van der Waals surface area contributed by atoms with E-state index in [9.17, 15) is 18.0 Å². The summed E-state index contributed by atoms with van der Waals surface area (Å²) in [4.78, 5) is 29.5. The third-order valence-corrected chi connectivity index (χ3v) is 10.1. The Bertz CT molecular complexity index is 1470. The molecule has 1 atom stereocenters. The standard InChI is InChI=1S/C34H43N3O4S/c1-5-31(34(39)35-29-15-9-10-16-29)36(23-22-28-13-7-6-8-14-28)33(38)24-37(32-17-11-12-26(3)27(32)4)42(40,41)30-20-18-25(2)19-21-30/h6-8,11-14,17-21,29,31H,5,9-10,15-16,22-24H2,1-4H3,(H,35,39). The van der Waals surface area contributed by atoms with Gasteiger partial charge in [-0.25, -0.2) is 8.42 Å². The van der Waals surface area contributed by atoms with E-state index in [1.807, 2.05) is 64.1 Å². The predicted octanol–water partition coefficient (Wildman–Crippen LogP) is 5.72. The minimum Gasteiger partial charge on any atom is -0.352 e. The number of carbonyl (C=O) groups excluding carboxylic acids is 2. The molecule has 1 aliphatic carbocycles. The molecule has 224 valence electrons. The van der Waals surface area contributed by atoms with Crippen LogP contribution in [0.5, 0.6) is 0 Å². The third-order valence-electron chi connectivity index (χ3n) is 8.30. The highest BCUT2D eigenvalue weighted by molar-refractivity contribution is 7.92. The molecule has 1 fully saturated rings. The van der Waals surface area contributed by atoms with Gasteiger partial charge in [-0.15, -0.1) is 0 Å².